The number of nitrogen functional groups attached to an aromatic ring is 1. The number of nitrogens with one attached hydrogen (secondary N) is 1. The van der Waals surface area contributed by atoms with E-state index in [1.165, 1.54) is 6.07 Å². The molecule has 2 fully saturated rings. The van der Waals surface area contributed by atoms with Gasteiger partial charge in [-0.25, -0.2) is 4.39 Å². The number of piperidine rings is 2. The van der Waals surface area contributed by atoms with Crippen molar-refractivity contribution in [1.29, 1.82) is 0 Å². The molecule has 0 aliphatic carbocycles. The van der Waals surface area contributed by atoms with Crippen LogP contribution < -0.4 is 11.1 Å². The summed E-state index contributed by atoms with van der Waals surface area (Å²) in [7, 11) is 0. The van der Waals surface area contributed by atoms with E-state index in [2.05, 4.69) is 10.2 Å². The fourth-order valence-electron chi connectivity index (χ4n) is 3.29. The Morgan fingerprint density at radius 2 is 2.25 bits per heavy atom. The third-order valence-corrected chi connectivity index (χ3v) is 4.44. The van der Waals surface area contributed by atoms with E-state index in [0.717, 1.165) is 25.9 Å². The van der Waals surface area contributed by atoms with Crippen LogP contribution in [0.15, 0.2) is 18.2 Å². The first-order valence-corrected chi connectivity index (χ1v) is 7.18. The molecular weight excluding hydrogens is 257 g/mol. The van der Waals surface area contributed by atoms with Crippen LogP contribution in [0.5, 0.6) is 0 Å². The molecule has 20 heavy (non-hydrogen) atoms. The Balaban J connectivity index is 1.67. The molecule has 2 aliphatic rings. The van der Waals surface area contributed by atoms with Crippen molar-refractivity contribution in [1.82, 2.24) is 10.2 Å². The van der Waals surface area contributed by atoms with E-state index >= 15 is 0 Å². The quantitative estimate of drug-likeness (QED) is 0.806. The predicted octanol–water partition coefficient (Wildman–Crippen LogP) is 1.51. The van der Waals surface area contributed by atoms with Crippen molar-refractivity contribution in [2.24, 2.45) is 5.92 Å². The molecule has 2 atom stereocenters. The first-order valence-electron chi connectivity index (χ1n) is 7.18. The van der Waals surface area contributed by atoms with Gasteiger partial charge in [0.2, 0.25) is 5.91 Å². The molecule has 0 bridgehead atoms. The third kappa shape index (κ3) is 2.63. The third-order valence-electron chi connectivity index (χ3n) is 4.44. The summed E-state index contributed by atoms with van der Waals surface area (Å²) in [5.74, 6) is 0.413. The minimum absolute atomic E-state index is 0.165. The van der Waals surface area contributed by atoms with Crippen molar-refractivity contribution in [3.8, 4) is 0 Å². The van der Waals surface area contributed by atoms with E-state index in [0.29, 0.717) is 36.2 Å². The zero-order valence-corrected chi connectivity index (χ0v) is 11.4. The van der Waals surface area contributed by atoms with Crippen LogP contribution in [0.2, 0.25) is 0 Å². The molecule has 0 spiro atoms. The molecule has 2 heterocycles. The number of anilines is 1. The van der Waals surface area contributed by atoms with Gasteiger partial charge in [0.1, 0.15) is 5.82 Å². The van der Waals surface area contributed by atoms with Gasteiger partial charge in [-0.3, -0.25) is 9.69 Å². The highest BCUT2D eigenvalue weighted by Crippen LogP contribution is 2.27. The average Bonchev–Trinajstić information content (AvgIpc) is 2.43. The lowest BCUT2D eigenvalue weighted by atomic mass is 9.85. The summed E-state index contributed by atoms with van der Waals surface area (Å²) in [6.45, 7) is 2.32. The minimum Gasteiger partial charge on any atom is -0.398 e. The van der Waals surface area contributed by atoms with E-state index in [4.69, 9.17) is 5.73 Å². The number of fused-ring (bicyclic) bond motifs is 1. The molecule has 5 heteroatoms. The van der Waals surface area contributed by atoms with Gasteiger partial charge in [0.05, 0.1) is 0 Å². The molecule has 3 rings (SSSR count). The molecule has 1 aromatic rings. The SMILES string of the molecule is Nc1cccc(F)c1CN1CCC2NC(=O)CCC2C1. The molecule has 108 valence electrons. The molecular formula is C15H20FN3O. The van der Waals surface area contributed by atoms with Gasteiger partial charge in [-0.2, -0.15) is 0 Å². The Hall–Kier alpha value is -1.62. The van der Waals surface area contributed by atoms with Gasteiger partial charge >= 0.3 is 0 Å². The van der Waals surface area contributed by atoms with Crippen molar-refractivity contribution in [2.75, 3.05) is 18.8 Å². The number of likely N-dealkylation sites (tertiary alicyclic amines) is 1. The van der Waals surface area contributed by atoms with Gasteiger partial charge in [-0.1, -0.05) is 6.07 Å². The zero-order valence-electron chi connectivity index (χ0n) is 11.4. The number of nitrogens with zero attached hydrogens (tertiary/aromatic N) is 1. The van der Waals surface area contributed by atoms with Crippen molar-refractivity contribution in [3.63, 3.8) is 0 Å². The molecule has 2 saturated heterocycles. The second-order valence-electron chi connectivity index (χ2n) is 5.80. The van der Waals surface area contributed by atoms with E-state index in [1.54, 1.807) is 12.1 Å². The predicted molar refractivity (Wildman–Crippen MR) is 75.4 cm³/mol. The highest BCUT2D eigenvalue weighted by atomic mass is 19.1. The molecule has 4 nitrogen and oxygen atoms in total. The van der Waals surface area contributed by atoms with Gasteiger partial charge < -0.3 is 11.1 Å². The Kier molecular flexibility index (Phi) is 3.61. The Morgan fingerprint density at radius 3 is 3.05 bits per heavy atom. The highest BCUT2D eigenvalue weighted by Gasteiger charge is 2.33. The largest absolute Gasteiger partial charge is 0.398 e. The van der Waals surface area contributed by atoms with Crippen molar-refractivity contribution < 1.29 is 9.18 Å². The number of rotatable bonds is 2. The Morgan fingerprint density at radius 1 is 1.40 bits per heavy atom. The Labute approximate surface area is 118 Å². The number of halogens is 1. The molecule has 1 amide bonds. The average molecular weight is 277 g/mol. The topological polar surface area (TPSA) is 58.4 Å². The number of amides is 1. The van der Waals surface area contributed by atoms with Crippen LogP contribution in [0, 0.1) is 11.7 Å². The van der Waals surface area contributed by atoms with Crippen molar-refractivity contribution in [3.05, 3.63) is 29.6 Å². The number of hydrogen-bond donors (Lipinski definition) is 2. The monoisotopic (exact) mass is 277 g/mol. The molecule has 0 saturated carbocycles. The maximum Gasteiger partial charge on any atom is 0.220 e. The van der Waals surface area contributed by atoms with Crippen LogP contribution in [0.1, 0.15) is 24.8 Å². The summed E-state index contributed by atoms with van der Waals surface area (Å²) >= 11 is 0. The molecule has 0 aromatic heterocycles. The van der Waals surface area contributed by atoms with Crippen LogP contribution in [0.4, 0.5) is 10.1 Å². The molecule has 1 aromatic carbocycles. The first kappa shape index (κ1) is 13.4. The van der Waals surface area contributed by atoms with E-state index in [1.807, 2.05) is 0 Å². The summed E-state index contributed by atoms with van der Waals surface area (Å²) in [6, 6.07) is 5.13. The van der Waals surface area contributed by atoms with Crippen LogP contribution in [-0.4, -0.2) is 29.9 Å². The van der Waals surface area contributed by atoms with Crippen LogP contribution in [-0.2, 0) is 11.3 Å². The molecule has 0 radical (unpaired) electrons. The Bertz CT molecular complexity index is 500. The van der Waals surface area contributed by atoms with Gasteiger partial charge in [-0.05, 0) is 30.9 Å². The van der Waals surface area contributed by atoms with Crippen molar-refractivity contribution in [2.45, 2.75) is 31.8 Å². The van der Waals surface area contributed by atoms with Gasteiger partial charge in [0.25, 0.3) is 0 Å². The van der Waals surface area contributed by atoms with E-state index in [9.17, 15) is 9.18 Å². The standard InChI is InChI=1S/C15H20FN3O/c16-12-2-1-3-13(17)11(12)9-19-7-6-14-10(8-19)4-5-15(20)18-14/h1-3,10,14H,4-9,17H2,(H,18,20). The smallest absolute Gasteiger partial charge is 0.220 e. The summed E-state index contributed by atoms with van der Waals surface area (Å²) in [5.41, 5.74) is 6.97. The number of benzene rings is 1. The summed E-state index contributed by atoms with van der Waals surface area (Å²) in [6.07, 6.45) is 2.47. The van der Waals surface area contributed by atoms with Gasteiger partial charge in [-0.15, -0.1) is 0 Å². The molecule has 2 aliphatic heterocycles. The number of hydrogen-bond acceptors (Lipinski definition) is 3. The second-order valence-corrected chi connectivity index (χ2v) is 5.80. The minimum atomic E-state index is -0.232. The summed E-state index contributed by atoms with van der Waals surface area (Å²) in [4.78, 5) is 13.6. The van der Waals surface area contributed by atoms with Crippen LogP contribution >= 0.6 is 0 Å². The lowest BCUT2D eigenvalue weighted by Crippen LogP contribution is -2.53. The maximum absolute atomic E-state index is 13.8. The van der Waals surface area contributed by atoms with E-state index < -0.39 is 0 Å². The lowest BCUT2D eigenvalue weighted by molar-refractivity contribution is -0.125. The summed E-state index contributed by atoms with van der Waals surface area (Å²) in [5, 5.41) is 3.06. The fraction of sp³-hybridized carbons (Fsp3) is 0.533. The van der Waals surface area contributed by atoms with Gasteiger partial charge in [0, 0.05) is 43.3 Å². The van der Waals surface area contributed by atoms with Crippen molar-refractivity contribution >= 4 is 11.6 Å². The normalized spacial score (nSPS) is 26.9. The molecule has 3 N–H and O–H groups in total. The number of carbonyl (C=O) groups is 1. The maximum atomic E-state index is 13.8. The van der Waals surface area contributed by atoms with Gasteiger partial charge in [0.15, 0.2) is 0 Å². The highest BCUT2D eigenvalue weighted by molar-refractivity contribution is 5.77. The van der Waals surface area contributed by atoms with E-state index in [-0.39, 0.29) is 11.7 Å². The fourth-order valence-corrected chi connectivity index (χ4v) is 3.29. The number of carbonyl (C=O) groups excluding carboxylic acids is 1. The first-order chi connectivity index (χ1) is 9.63. The molecule has 2 unspecified atom stereocenters. The van der Waals surface area contributed by atoms with Crippen LogP contribution in [0.3, 0.4) is 0 Å². The lowest BCUT2D eigenvalue weighted by Gasteiger charge is -2.41. The van der Waals surface area contributed by atoms with Crippen LogP contribution in [0.25, 0.3) is 0 Å². The summed E-state index contributed by atoms with van der Waals surface area (Å²) < 4.78 is 13.8. The second kappa shape index (κ2) is 5.40. The number of nitrogens with two attached hydrogens (primary N) is 1. The zero-order chi connectivity index (χ0) is 14.1.